The number of carbonyl (C=O) groups excluding carboxylic acids is 2. The van der Waals surface area contributed by atoms with Crippen LogP contribution in [-0.2, 0) is 9.59 Å². The maximum Gasteiger partial charge on any atom is 0.155 e. The molecular weight excluding hydrogens is 279 g/mol. The first kappa shape index (κ1) is 14.6. The van der Waals surface area contributed by atoms with Gasteiger partial charge in [0.15, 0.2) is 5.78 Å². The minimum absolute atomic E-state index is 0.0343. The molecule has 0 N–H and O–H groups in total. The molecule has 0 saturated heterocycles. The topological polar surface area (TPSA) is 34.1 Å². The summed E-state index contributed by atoms with van der Waals surface area (Å²) in [7, 11) is 0. The van der Waals surface area contributed by atoms with Crippen molar-refractivity contribution in [3.63, 3.8) is 0 Å². The van der Waals surface area contributed by atoms with Crippen molar-refractivity contribution in [2.24, 2.45) is 35.0 Å². The molecule has 0 radical (unpaired) electrons. The van der Waals surface area contributed by atoms with Crippen LogP contribution in [0.15, 0.2) is 11.6 Å². The van der Waals surface area contributed by atoms with E-state index in [4.69, 9.17) is 0 Å². The molecule has 0 aromatic rings. The number of alkyl halides is 1. The summed E-state index contributed by atoms with van der Waals surface area (Å²) in [5.74, 6) is 1.82. The van der Waals surface area contributed by atoms with Crippen LogP contribution in [0.4, 0.5) is 4.39 Å². The molecule has 0 aliphatic heterocycles. The van der Waals surface area contributed by atoms with Crippen LogP contribution in [0.5, 0.6) is 0 Å². The standard InChI is InChI=1S/C19H25FO2/c1-10-7-11-8-12(21)3-4-13(11)18-15(20)9-19(2)14(17(10)18)5-6-16(19)22/h8,10,13-15,17-18H,3-7,9H2,1-2H3/t10?,13?,14?,15-,17?,18?,19-/m0/s1. The van der Waals surface area contributed by atoms with Crippen LogP contribution >= 0.6 is 0 Å². The van der Waals surface area contributed by atoms with Gasteiger partial charge >= 0.3 is 0 Å². The number of ketones is 2. The first-order chi connectivity index (χ1) is 10.4. The molecule has 3 saturated carbocycles. The summed E-state index contributed by atoms with van der Waals surface area (Å²) >= 11 is 0. The molecule has 3 fully saturated rings. The highest BCUT2D eigenvalue weighted by atomic mass is 19.1. The quantitative estimate of drug-likeness (QED) is 0.680. The molecule has 0 amide bonds. The zero-order valence-corrected chi connectivity index (χ0v) is 13.5. The van der Waals surface area contributed by atoms with Gasteiger partial charge < -0.3 is 0 Å². The third kappa shape index (κ3) is 1.83. The van der Waals surface area contributed by atoms with Crippen LogP contribution in [0.3, 0.4) is 0 Å². The fourth-order valence-electron chi connectivity index (χ4n) is 6.35. The minimum Gasteiger partial charge on any atom is -0.299 e. The van der Waals surface area contributed by atoms with Crippen molar-refractivity contribution < 1.29 is 14.0 Å². The summed E-state index contributed by atoms with van der Waals surface area (Å²) in [5, 5.41) is 0. The van der Waals surface area contributed by atoms with Crippen LogP contribution in [0.25, 0.3) is 0 Å². The van der Waals surface area contributed by atoms with Gasteiger partial charge in [-0.2, -0.15) is 0 Å². The third-order valence-corrected chi connectivity index (χ3v) is 7.29. The van der Waals surface area contributed by atoms with Crippen LogP contribution in [0.2, 0.25) is 0 Å². The van der Waals surface area contributed by atoms with E-state index in [1.807, 2.05) is 6.92 Å². The van der Waals surface area contributed by atoms with Gasteiger partial charge in [-0.05, 0) is 55.4 Å². The summed E-state index contributed by atoms with van der Waals surface area (Å²) in [6, 6.07) is 0. The van der Waals surface area contributed by atoms with Crippen molar-refractivity contribution in [2.75, 3.05) is 0 Å². The molecular formula is C19H25FO2. The van der Waals surface area contributed by atoms with Crippen molar-refractivity contribution in [3.05, 3.63) is 11.6 Å². The number of halogens is 1. The highest BCUT2D eigenvalue weighted by Gasteiger charge is 2.61. The van der Waals surface area contributed by atoms with Crippen LogP contribution in [0.1, 0.15) is 52.4 Å². The number of allylic oxidation sites excluding steroid dienone is 1. The van der Waals surface area contributed by atoms with Crippen LogP contribution < -0.4 is 0 Å². The van der Waals surface area contributed by atoms with Gasteiger partial charge in [0.25, 0.3) is 0 Å². The first-order valence-electron chi connectivity index (χ1n) is 8.82. The average Bonchev–Trinajstić information content (AvgIpc) is 2.74. The first-order valence-corrected chi connectivity index (χ1v) is 8.82. The maximum absolute atomic E-state index is 15.2. The van der Waals surface area contributed by atoms with Crippen molar-refractivity contribution in [1.82, 2.24) is 0 Å². The molecule has 2 nitrogen and oxygen atoms in total. The van der Waals surface area contributed by atoms with E-state index >= 15 is 4.39 Å². The second kappa shape index (κ2) is 4.75. The molecule has 4 aliphatic rings. The Morgan fingerprint density at radius 1 is 1.18 bits per heavy atom. The molecule has 3 heteroatoms. The molecule has 120 valence electrons. The lowest BCUT2D eigenvalue weighted by Crippen LogP contribution is -2.54. The van der Waals surface area contributed by atoms with Crippen molar-refractivity contribution >= 4 is 11.6 Å². The van der Waals surface area contributed by atoms with Gasteiger partial charge in [0, 0.05) is 24.2 Å². The van der Waals surface area contributed by atoms with Crippen molar-refractivity contribution in [2.45, 2.75) is 58.5 Å². The number of fused-ring (bicyclic) bond motifs is 5. The van der Waals surface area contributed by atoms with E-state index in [1.165, 1.54) is 5.57 Å². The summed E-state index contributed by atoms with van der Waals surface area (Å²) in [6.45, 7) is 4.22. The highest BCUT2D eigenvalue weighted by molar-refractivity contribution is 5.91. The van der Waals surface area contributed by atoms with Crippen LogP contribution in [0, 0.1) is 35.0 Å². The van der Waals surface area contributed by atoms with E-state index in [1.54, 1.807) is 6.08 Å². The molecule has 7 atom stereocenters. The summed E-state index contributed by atoms with van der Waals surface area (Å²) in [4.78, 5) is 24.1. The fraction of sp³-hybridized carbons (Fsp3) is 0.789. The van der Waals surface area contributed by atoms with Crippen molar-refractivity contribution in [3.8, 4) is 0 Å². The van der Waals surface area contributed by atoms with E-state index in [0.717, 1.165) is 19.3 Å². The molecule has 4 aliphatic carbocycles. The van der Waals surface area contributed by atoms with Gasteiger partial charge in [0.05, 0.1) is 0 Å². The highest BCUT2D eigenvalue weighted by Crippen LogP contribution is 2.62. The van der Waals surface area contributed by atoms with E-state index in [9.17, 15) is 9.59 Å². The Kier molecular flexibility index (Phi) is 3.15. The van der Waals surface area contributed by atoms with Gasteiger partial charge in [-0.25, -0.2) is 4.39 Å². The molecule has 0 spiro atoms. The summed E-state index contributed by atoms with van der Waals surface area (Å²) in [5.41, 5.74) is 0.765. The number of hydrogen-bond donors (Lipinski definition) is 0. The molecule has 4 rings (SSSR count). The zero-order chi connectivity index (χ0) is 15.6. The Morgan fingerprint density at radius 3 is 2.73 bits per heavy atom. The number of Topliss-reactive ketones (excluding diaryl/α,β-unsaturated/α-hetero) is 1. The third-order valence-electron chi connectivity index (χ3n) is 7.29. The lowest BCUT2D eigenvalue weighted by Gasteiger charge is -2.55. The van der Waals surface area contributed by atoms with Gasteiger partial charge in [0.1, 0.15) is 12.0 Å². The molecule has 0 aromatic heterocycles. The summed E-state index contributed by atoms with van der Waals surface area (Å²) < 4.78 is 15.2. The Labute approximate surface area is 131 Å². The number of rotatable bonds is 0. The van der Waals surface area contributed by atoms with Crippen molar-refractivity contribution in [1.29, 1.82) is 0 Å². The van der Waals surface area contributed by atoms with E-state index in [-0.39, 0.29) is 23.4 Å². The Morgan fingerprint density at radius 2 is 1.95 bits per heavy atom. The molecule has 0 bridgehead atoms. The van der Waals surface area contributed by atoms with E-state index < -0.39 is 11.6 Å². The molecule has 22 heavy (non-hydrogen) atoms. The zero-order valence-electron chi connectivity index (χ0n) is 13.5. The van der Waals surface area contributed by atoms with Crippen LogP contribution in [-0.4, -0.2) is 17.7 Å². The largest absolute Gasteiger partial charge is 0.299 e. The average molecular weight is 304 g/mol. The van der Waals surface area contributed by atoms with Gasteiger partial charge in [0.2, 0.25) is 0 Å². The minimum atomic E-state index is -0.891. The molecule has 0 heterocycles. The second-order valence-corrected chi connectivity index (χ2v) is 8.37. The number of carbonyl (C=O) groups is 2. The SMILES string of the molecule is CC1CC2=CC(=O)CCC2C2C1C1CCC(=O)[C@@]1(C)C[C@@H]2F. The van der Waals surface area contributed by atoms with Gasteiger partial charge in [-0.3, -0.25) is 9.59 Å². The molecule has 0 aromatic carbocycles. The lowest BCUT2D eigenvalue weighted by molar-refractivity contribution is -0.138. The van der Waals surface area contributed by atoms with Gasteiger partial charge in [-0.15, -0.1) is 0 Å². The lowest BCUT2D eigenvalue weighted by atomic mass is 9.49. The fourth-order valence-corrected chi connectivity index (χ4v) is 6.35. The molecule has 5 unspecified atom stereocenters. The number of hydrogen-bond acceptors (Lipinski definition) is 2. The Balaban J connectivity index is 1.74. The van der Waals surface area contributed by atoms with E-state index in [0.29, 0.717) is 37.0 Å². The maximum atomic E-state index is 15.2. The van der Waals surface area contributed by atoms with E-state index in [2.05, 4.69) is 6.92 Å². The monoisotopic (exact) mass is 304 g/mol. The van der Waals surface area contributed by atoms with Gasteiger partial charge in [-0.1, -0.05) is 19.4 Å². The smallest absolute Gasteiger partial charge is 0.155 e. The Bertz CT molecular complexity index is 566. The Hall–Kier alpha value is -0.990. The normalized spacial score (nSPS) is 51.0. The summed E-state index contributed by atoms with van der Waals surface area (Å²) in [6.07, 6.45) is 5.20. The second-order valence-electron chi connectivity index (χ2n) is 8.37. The predicted molar refractivity (Wildman–Crippen MR) is 81.9 cm³/mol. The predicted octanol–water partition coefficient (Wildman–Crippen LogP) is 3.89.